The van der Waals surface area contributed by atoms with Crippen LogP contribution in [-0.4, -0.2) is 43.5 Å². The van der Waals surface area contributed by atoms with Crippen LogP contribution in [-0.2, 0) is 14.8 Å². The van der Waals surface area contributed by atoms with E-state index in [0.717, 1.165) is 25.8 Å². The number of amides is 1. The molecule has 1 aromatic heterocycles. The Morgan fingerprint density at radius 2 is 1.96 bits per heavy atom. The number of fused-ring (bicyclic) bond motifs is 1. The molecule has 2 atom stereocenters. The standard InChI is InChI=1S/C16H25N3O4S/c1-11-16(12(2)23-18-11)24(21,22)17-10-15(20)19-9-5-7-13-6-3-4-8-14(13)19/h13-14,17H,3-10H2,1-2H3/t13-,14+/m0/s1. The third-order valence-corrected chi connectivity index (χ3v) is 6.86. The quantitative estimate of drug-likeness (QED) is 0.888. The molecule has 7 nitrogen and oxygen atoms in total. The summed E-state index contributed by atoms with van der Waals surface area (Å²) < 4.78 is 32.2. The molecule has 24 heavy (non-hydrogen) atoms. The highest BCUT2D eigenvalue weighted by atomic mass is 32.2. The maximum atomic E-state index is 12.6. The van der Waals surface area contributed by atoms with Crippen molar-refractivity contribution in [1.29, 1.82) is 0 Å². The van der Waals surface area contributed by atoms with Gasteiger partial charge in [0.1, 0.15) is 10.6 Å². The molecule has 1 saturated carbocycles. The second-order valence-electron chi connectivity index (χ2n) is 6.82. The maximum Gasteiger partial charge on any atom is 0.246 e. The molecule has 0 aromatic carbocycles. The monoisotopic (exact) mass is 355 g/mol. The summed E-state index contributed by atoms with van der Waals surface area (Å²) in [5.41, 5.74) is 0.303. The molecule has 0 bridgehead atoms. The molecule has 0 unspecified atom stereocenters. The average molecular weight is 355 g/mol. The summed E-state index contributed by atoms with van der Waals surface area (Å²) in [6.07, 6.45) is 6.78. The predicted molar refractivity (Wildman–Crippen MR) is 87.9 cm³/mol. The number of carbonyl (C=O) groups excluding carboxylic acids is 1. The number of sulfonamides is 1. The van der Waals surface area contributed by atoms with Crippen LogP contribution < -0.4 is 4.72 Å². The predicted octanol–water partition coefficient (Wildman–Crippen LogP) is 1.75. The van der Waals surface area contributed by atoms with E-state index in [4.69, 9.17) is 4.52 Å². The summed E-state index contributed by atoms with van der Waals surface area (Å²) in [6.45, 7) is 3.64. The van der Waals surface area contributed by atoms with Crippen molar-refractivity contribution < 1.29 is 17.7 Å². The van der Waals surface area contributed by atoms with E-state index >= 15 is 0 Å². The summed E-state index contributed by atoms with van der Waals surface area (Å²) >= 11 is 0. The van der Waals surface area contributed by atoms with E-state index in [1.54, 1.807) is 13.8 Å². The van der Waals surface area contributed by atoms with Crippen molar-refractivity contribution in [2.24, 2.45) is 5.92 Å². The van der Waals surface area contributed by atoms with Crippen LogP contribution >= 0.6 is 0 Å². The summed E-state index contributed by atoms with van der Waals surface area (Å²) in [4.78, 5) is 14.5. The van der Waals surface area contributed by atoms with Crippen molar-refractivity contribution >= 4 is 15.9 Å². The number of nitrogens with zero attached hydrogens (tertiary/aromatic N) is 2. The molecule has 2 heterocycles. The van der Waals surface area contributed by atoms with Gasteiger partial charge >= 0.3 is 0 Å². The van der Waals surface area contributed by atoms with Crippen LogP contribution in [0.25, 0.3) is 0 Å². The zero-order valence-electron chi connectivity index (χ0n) is 14.2. The fourth-order valence-electron chi connectivity index (χ4n) is 4.12. The molecular weight excluding hydrogens is 330 g/mol. The number of nitrogens with one attached hydrogen (secondary N) is 1. The average Bonchev–Trinajstić information content (AvgIpc) is 2.91. The van der Waals surface area contributed by atoms with E-state index in [0.29, 0.717) is 11.6 Å². The van der Waals surface area contributed by atoms with Crippen LogP contribution in [0.2, 0.25) is 0 Å². The Balaban J connectivity index is 1.66. The molecule has 3 rings (SSSR count). The normalized spacial score (nSPS) is 24.7. The second-order valence-corrected chi connectivity index (χ2v) is 8.52. The number of likely N-dealkylation sites (tertiary alicyclic amines) is 1. The van der Waals surface area contributed by atoms with Gasteiger partial charge in [-0.3, -0.25) is 4.79 Å². The highest BCUT2D eigenvalue weighted by molar-refractivity contribution is 7.89. The molecule has 8 heteroatoms. The fraction of sp³-hybridized carbons (Fsp3) is 0.750. The number of carbonyl (C=O) groups is 1. The second kappa shape index (κ2) is 6.84. The van der Waals surface area contributed by atoms with E-state index in [-0.39, 0.29) is 29.1 Å². The summed E-state index contributed by atoms with van der Waals surface area (Å²) in [7, 11) is -3.80. The van der Waals surface area contributed by atoms with E-state index in [1.165, 1.54) is 19.3 Å². The number of hydrogen-bond donors (Lipinski definition) is 1. The van der Waals surface area contributed by atoms with Gasteiger partial charge in [0, 0.05) is 12.6 Å². The van der Waals surface area contributed by atoms with Gasteiger partial charge in [0.05, 0.1) is 6.54 Å². The van der Waals surface area contributed by atoms with Gasteiger partial charge in [-0.25, -0.2) is 13.1 Å². The van der Waals surface area contributed by atoms with E-state index in [1.807, 2.05) is 4.90 Å². The third-order valence-electron chi connectivity index (χ3n) is 5.21. The number of aromatic nitrogens is 1. The Hall–Kier alpha value is -1.41. The molecule has 1 aliphatic carbocycles. The lowest BCUT2D eigenvalue weighted by molar-refractivity contribution is -0.136. The van der Waals surface area contributed by atoms with Crippen molar-refractivity contribution in [2.45, 2.75) is 63.3 Å². The lowest BCUT2D eigenvalue weighted by atomic mass is 9.78. The first-order chi connectivity index (χ1) is 11.4. The molecular formula is C16H25N3O4S. The van der Waals surface area contributed by atoms with E-state index in [9.17, 15) is 13.2 Å². The van der Waals surface area contributed by atoms with Gasteiger partial charge in [0.15, 0.2) is 5.76 Å². The van der Waals surface area contributed by atoms with Crippen molar-refractivity contribution in [3.63, 3.8) is 0 Å². The van der Waals surface area contributed by atoms with Crippen LogP contribution in [0.15, 0.2) is 9.42 Å². The zero-order valence-corrected chi connectivity index (χ0v) is 15.1. The Bertz CT molecular complexity index is 691. The molecule has 1 aliphatic heterocycles. The maximum absolute atomic E-state index is 12.6. The summed E-state index contributed by atoms with van der Waals surface area (Å²) in [5.74, 6) is 0.676. The topological polar surface area (TPSA) is 92.5 Å². The Morgan fingerprint density at radius 3 is 2.67 bits per heavy atom. The van der Waals surface area contributed by atoms with Crippen molar-refractivity contribution in [3.05, 3.63) is 11.5 Å². The molecule has 0 radical (unpaired) electrons. The molecule has 1 saturated heterocycles. The summed E-state index contributed by atoms with van der Waals surface area (Å²) in [6, 6.07) is 0.281. The number of piperidine rings is 1. The van der Waals surface area contributed by atoms with Gasteiger partial charge in [-0.15, -0.1) is 0 Å². The molecule has 134 valence electrons. The van der Waals surface area contributed by atoms with E-state index < -0.39 is 10.0 Å². The Labute approximate surface area is 142 Å². The van der Waals surface area contributed by atoms with Crippen LogP contribution in [0.4, 0.5) is 0 Å². The number of hydrogen-bond acceptors (Lipinski definition) is 5. The Kier molecular flexibility index (Phi) is 4.96. The number of rotatable bonds is 4. The Morgan fingerprint density at radius 1 is 1.25 bits per heavy atom. The fourth-order valence-corrected chi connectivity index (χ4v) is 5.42. The highest BCUT2D eigenvalue weighted by Crippen LogP contribution is 2.35. The first-order valence-corrected chi connectivity index (χ1v) is 10.1. The first kappa shape index (κ1) is 17.4. The highest BCUT2D eigenvalue weighted by Gasteiger charge is 2.36. The lowest BCUT2D eigenvalue weighted by Crippen LogP contribution is -2.52. The first-order valence-electron chi connectivity index (χ1n) is 8.62. The molecule has 2 aliphatic rings. The van der Waals surface area contributed by atoms with Crippen LogP contribution in [0.1, 0.15) is 50.0 Å². The van der Waals surface area contributed by atoms with Crippen molar-refractivity contribution in [2.75, 3.05) is 13.1 Å². The number of aryl methyl sites for hydroxylation is 2. The SMILES string of the molecule is Cc1noc(C)c1S(=O)(=O)NCC(=O)N1CCC[C@@H]2CCCC[C@H]21. The molecule has 2 fully saturated rings. The summed E-state index contributed by atoms with van der Waals surface area (Å²) in [5, 5.41) is 3.66. The van der Waals surface area contributed by atoms with Crippen LogP contribution in [0, 0.1) is 19.8 Å². The van der Waals surface area contributed by atoms with Crippen LogP contribution in [0.3, 0.4) is 0 Å². The van der Waals surface area contributed by atoms with Crippen LogP contribution in [0.5, 0.6) is 0 Å². The molecule has 1 N–H and O–H groups in total. The molecule has 1 aromatic rings. The molecule has 0 spiro atoms. The third kappa shape index (κ3) is 3.35. The minimum atomic E-state index is -3.80. The zero-order chi connectivity index (χ0) is 17.3. The van der Waals surface area contributed by atoms with Gasteiger partial charge in [0.25, 0.3) is 0 Å². The smallest absolute Gasteiger partial charge is 0.246 e. The van der Waals surface area contributed by atoms with Crippen molar-refractivity contribution in [3.8, 4) is 0 Å². The van der Waals surface area contributed by atoms with Gasteiger partial charge in [0.2, 0.25) is 15.9 Å². The largest absolute Gasteiger partial charge is 0.360 e. The molecule has 1 amide bonds. The van der Waals surface area contributed by atoms with Gasteiger partial charge in [-0.2, -0.15) is 0 Å². The van der Waals surface area contributed by atoms with Gasteiger partial charge in [-0.1, -0.05) is 18.0 Å². The minimum Gasteiger partial charge on any atom is -0.360 e. The van der Waals surface area contributed by atoms with Gasteiger partial charge in [-0.05, 0) is 45.4 Å². The van der Waals surface area contributed by atoms with E-state index in [2.05, 4.69) is 9.88 Å². The van der Waals surface area contributed by atoms with Gasteiger partial charge < -0.3 is 9.42 Å². The minimum absolute atomic E-state index is 0.0319. The van der Waals surface area contributed by atoms with Crippen molar-refractivity contribution in [1.82, 2.24) is 14.8 Å². The lowest BCUT2D eigenvalue weighted by Gasteiger charge is -2.44.